The number of aryl methyl sites for hydroxylation is 1. The van der Waals surface area contributed by atoms with Gasteiger partial charge in [0.05, 0.1) is 0 Å². The first kappa shape index (κ1) is 19.8. The summed E-state index contributed by atoms with van der Waals surface area (Å²) in [5.74, 6) is 1.81. The SMILES string of the molecule is CCNC(=NCc1oc2ccccc2c1C)NCC(C)CO.I. The van der Waals surface area contributed by atoms with E-state index >= 15 is 0 Å². The first-order valence-electron chi connectivity index (χ1n) is 7.75. The molecule has 6 heteroatoms. The Morgan fingerprint density at radius 1 is 1.30 bits per heavy atom. The van der Waals surface area contributed by atoms with E-state index in [2.05, 4.69) is 28.6 Å². The molecule has 0 saturated carbocycles. The lowest BCUT2D eigenvalue weighted by atomic mass is 10.1. The van der Waals surface area contributed by atoms with E-state index in [1.807, 2.05) is 32.0 Å². The van der Waals surface area contributed by atoms with E-state index in [-0.39, 0.29) is 36.5 Å². The number of furan rings is 1. The predicted molar refractivity (Wildman–Crippen MR) is 105 cm³/mol. The average Bonchev–Trinajstić information content (AvgIpc) is 2.86. The average molecular weight is 431 g/mol. The maximum absolute atomic E-state index is 9.09. The van der Waals surface area contributed by atoms with Gasteiger partial charge in [-0.2, -0.15) is 0 Å². The second-order valence-electron chi connectivity index (χ2n) is 5.51. The van der Waals surface area contributed by atoms with Crippen molar-refractivity contribution in [3.63, 3.8) is 0 Å². The highest BCUT2D eigenvalue weighted by atomic mass is 127. The van der Waals surface area contributed by atoms with Crippen LogP contribution in [-0.4, -0.2) is 30.8 Å². The summed E-state index contributed by atoms with van der Waals surface area (Å²) in [4.78, 5) is 4.57. The molecular formula is C17H26IN3O2. The smallest absolute Gasteiger partial charge is 0.191 e. The zero-order valence-electron chi connectivity index (χ0n) is 13.9. The summed E-state index contributed by atoms with van der Waals surface area (Å²) in [5.41, 5.74) is 2.04. The van der Waals surface area contributed by atoms with Crippen LogP contribution < -0.4 is 10.6 Å². The van der Waals surface area contributed by atoms with Gasteiger partial charge in [-0.25, -0.2) is 4.99 Å². The summed E-state index contributed by atoms with van der Waals surface area (Å²) in [5, 5.41) is 16.7. The summed E-state index contributed by atoms with van der Waals surface area (Å²) in [6.07, 6.45) is 0. The Kier molecular flexibility index (Phi) is 8.40. The monoisotopic (exact) mass is 431 g/mol. The fourth-order valence-electron chi connectivity index (χ4n) is 2.20. The molecule has 0 aliphatic heterocycles. The minimum atomic E-state index is 0. The van der Waals surface area contributed by atoms with Gasteiger partial charge in [0.15, 0.2) is 5.96 Å². The Bertz CT molecular complexity index is 640. The highest BCUT2D eigenvalue weighted by Gasteiger charge is 2.09. The summed E-state index contributed by atoms with van der Waals surface area (Å²) in [6, 6.07) is 8.02. The van der Waals surface area contributed by atoms with Crippen LogP contribution in [0.3, 0.4) is 0 Å². The molecule has 0 saturated heterocycles. The molecule has 1 heterocycles. The number of aliphatic imine (C=N–C) groups is 1. The lowest BCUT2D eigenvalue weighted by molar-refractivity contribution is 0.238. The van der Waals surface area contributed by atoms with Gasteiger partial charge in [0.1, 0.15) is 17.9 Å². The van der Waals surface area contributed by atoms with Crippen molar-refractivity contribution in [1.82, 2.24) is 10.6 Å². The number of para-hydroxylation sites is 1. The van der Waals surface area contributed by atoms with Crippen LogP contribution in [0.25, 0.3) is 11.0 Å². The number of hydrogen-bond donors (Lipinski definition) is 3. The summed E-state index contributed by atoms with van der Waals surface area (Å²) in [7, 11) is 0. The summed E-state index contributed by atoms with van der Waals surface area (Å²) in [6.45, 7) is 8.20. The third kappa shape index (κ3) is 5.39. The van der Waals surface area contributed by atoms with Gasteiger partial charge in [-0.15, -0.1) is 24.0 Å². The van der Waals surface area contributed by atoms with E-state index < -0.39 is 0 Å². The van der Waals surface area contributed by atoms with Gasteiger partial charge in [-0.1, -0.05) is 25.1 Å². The van der Waals surface area contributed by atoms with Crippen molar-refractivity contribution < 1.29 is 9.52 Å². The van der Waals surface area contributed by atoms with Gasteiger partial charge in [-0.05, 0) is 25.8 Å². The molecule has 2 aromatic rings. The largest absolute Gasteiger partial charge is 0.459 e. The lowest BCUT2D eigenvalue weighted by Gasteiger charge is -2.13. The quantitative estimate of drug-likeness (QED) is 0.374. The number of halogens is 1. The van der Waals surface area contributed by atoms with Crippen LogP contribution in [0.4, 0.5) is 0 Å². The van der Waals surface area contributed by atoms with E-state index in [9.17, 15) is 0 Å². The topological polar surface area (TPSA) is 69.8 Å². The Morgan fingerprint density at radius 2 is 2.04 bits per heavy atom. The van der Waals surface area contributed by atoms with Gasteiger partial charge in [0.25, 0.3) is 0 Å². The van der Waals surface area contributed by atoms with Gasteiger partial charge < -0.3 is 20.2 Å². The molecule has 2 rings (SSSR count). The second kappa shape index (κ2) is 9.77. The molecule has 1 aromatic carbocycles. The van der Waals surface area contributed by atoms with E-state index in [0.717, 1.165) is 34.8 Å². The van der Waals surface area contributed by atoms with Crippen LogP contribution in [0.15, 0.2) is 33.7 Å². The van der Waals surface area contributed by atoms with Crippen molar-refractivity contribution in [1.29, 1.82) is 0 Å². The fourth-order valence-corrected chi connectivity index (χ4v) is 2.20. The lowest BCUT2D eigenvalue weighted by Crippen LogP contribution is -2.39. The zero-order valence-corrected chi connectivity index (χ0v) is 16.3. The van der Waals surface area contributed by atoms with E-state index in [1.54, 1.807) is 0 Å². The molecule has 0 fully saturated rings. The zero-order chi connectivity index (χ0) is 15.9. The molecule has 23 heavy (non-hydrogen) atoms. The molecule has 0 radical (unpaired) electrons. The number of fused-ring (bicyclic) bond motifs is 1. The summed E-state index contributed by atoms with van der Waals surface area (Å²) >= 11 is 0. The van der Waals surface area contributed by atoms with E-state index in [1.165, 1.54) is 0 Å². The Morgan fingerprint density at radius 3 is 2.70 bits per heavy atom. The molecule has 1 unspecified atom stereocenters. The second-order valence-corrected chi connectivity index (χ2v) is 5.51. The van der Waals surface area contributed by atoms with Crippen LogP contribution in [0.5, 0.6) is 0 Å². The van der Waals surface area contributed by atoms with Gasteiger partial charge in [0, 0.05) is 30.6 Å². The standard InChI is InChI=1S/C17H25N3O2.HI/c1-4-18-17(19-9-12(2)11-21)20-10-16-13(3)14-7-5-6-8-15(14)22-16;/h5-8,12,21H,4,9-11H2,1-3H3,(H2,18,19,20);1H. The molecule has 3 N–H and O–H groups in total. The maximum Gasteiger partial charge on any atom is 0.191 e. The number of nitrogens with zero attached hydrogens (tertiary/aromatic N) is 1. The number of aliphatic hydroxyl groups is 1. The third-order valence-electron chi connectivity index (χ3n) is 3.60. The molecule has 5 nitrogen and oxygen atoms in total. The Balaban J connectivity index is 0.00000264. The predicted octanol–water partition coefficient (Wildman–Crippen LogP) is 3.04. The first-order valence-corrected chi connectivity index (χ1v) is 7.75. The highest BCUT2D eigenvalue weighted by molar-refractivity contribution is 14.0. The number of nitrogens with one attached hydrogen (secondary N) is 2. The van der Waals surface area contributed by atoms with Gasteiger partial charge in [-0.3, -0.25) is 0 Å². The van der Waals surface area contributed by atoms with Crippen molar-refractivity contribution in [2.75, 3.05) is 19.7 Å². The molecule has 1 aromatic heterocycles. The maximum atomic E-state index is 9.09. The molecule has 0 aliphatic carbocycles. The molecule has 0 bridgehead atoms. The molecule has 0 aliphatic rings. The van der Waals surface area contributed by atoms with Crippen LogP contribution in [0.2, 0.25) is 0 Å². The number of hydrogen-bond acceptors (Lipinski definition) is 3. The molecule has 128 valence electrons. The minimum Gasteiger partial charge on any atom is -0.459 e. The molecule has 1 atom stereocenters. The van der Waals surface area contributed by atoms with Crippen molar-refractivity contribution >= 4 is 40.9 Å². The number of aliphatic hydroxyl groups excluding tert-OH is 1. The highest BCUT2D eigenvalue weighted by Crippen LogP contribution is 2.25. The minimum absolute atomic E-state index is 0. The van der Waals surface area contributed by atoms with Gasteiger partial charge in [0.2, 0.25) is 0 Å². The first-order chi connectivity index (χ1) is 10.7. The number of guanidine groups is 1. The Hall–Kier alpha value is -1.28. The molecular weight excluding hydrogens is 405 g/mol. The number of benzene rings is 1. The molecule has 0 spiro atoms. The van der Waals surface area contributed by atoms with Crippen LogP contribution >= 0.6 is 24.0 Å². The van der Waals surface area contributed by atoms with Crippen LogP contribution in [0.1, 0.15) is 25.2 Å². The van der Waals surface area contributed by atoms with E-state index in [0.29, 0.717) is 13.1 Å². The molecule has 0 amide bonds. The van der Waals surface area contributed by atoms with Crippen molar-refractivity contribution in [3.05, 3.63) is 35.6 Å². The van der Waals surface area contributed by atoms with Gasteiger partial charge >= 0.3 is 0 Å². The number of rotatable bonds is 6. The van der Waals surface area contributed by atoms with Crippen LogP contribution in [0, 0.1) is 12.8 Å². The normalized spacial score (nSPS) is 12.8. The van der Waals surface area contributed by atoms with Crippen molar-refractivity contribution in [2.45, 2.75) is 27.3 Å². The van der Waals surface area contributed by atoms with Crippen molar-refractivity contribution in [2.24, 2.45) is 10.9 Å². The van der Waals surface area contributed by atoms with E-state index in [4.69, 9.17) is 9.52 Å². The summed E-state index contributed by atoms with van der Waals surface area (Å²) < 4.78 is 5.87. The third-order valence-corrected chi connectivity index (χ3v) is 3.60. The Labute approximate surface area is 154 Å². The van der Waals surface area contributed by atoms with Crippen LogP contribution in [-0.2, 0) is 6.54 Å². The van der Waals surface area contributed by atoms with Crippen molar-refractivity contribution in [3.8, 4) is 0 Å². The fraction of sp³-hybridized carbons (Fsp3) is 0.471.